The molecule has 1 nitrogen and oxygen atoms in total. The Morgan fingerprint density at radius 1 is 0.254 bits per heavy atom. The maximum absolute atomic E-state index is 2.44. The maximum Gasteiger partial charge on any atom is 0.0541 e. The van der Waals surface area contributed by atoms with Crippen LogP contribution in [-0.2, 0) is 0 Å². The zero-order valence-corrected chi connectivity index (χ0v) is 34.6. The molecule has 1 aromatic heterocycles. The summed E-state index contributed by atoms with van der Waals surface area (Å²) in [5.41, 5.74) is 24.5. The van der Waals surface area contributed by atoms with E-state index in [9.17, 15) is 0 Å². The molecule has 1 heterocycles. The highest BCUT2D eigenvalue weighted by Gasteiger charge is 2.32. The van der Waals surface area contributed by atoms with Gasteiger partial charge in [0, 0.05) is 28.3 Å². The third-order valence-corrected chi connectivity index (χ3v) is 13.8. The van der Waals surface area contributed by atoms with Gasteiger partial charge in [-0.2, -0.15) is 0 Å². The lowest BCUT2D eigenvalue weighted by molar-refractivity contribution is 1.01. The Balaban J connectivity index is 0.844. The maximum atomic E-state index is 2.44. The summed E-state index contributed by atoms with van der Waals surface area (Å²) in [6, 6.07) is 87.8. The van der Waals surface area contributed by atoms with Crippen molar-refractivity contribution in [2.24, 2.45) is 0 Å². The smallest absolute Gasteiger partial charge is 0.0541 e. The highest BCUT2D eigenvalue weighted by atomic mass is 15.0. The fourth-order valence-electron chi connectivity index (χ4n) is 10.9. The van der Waals surface area contributed by atoms with Crippen molar-refractivity contribution in [3.05, 3.63) is 270 Å². The quantitative estimate of drug-likeness (QED) is 0.158. The zero-order chi connectivity index (χ0) is 41.4. The third-order valence-electron chi connectivity index (χ3n) is 13.8. The molecule has 0 saturated heterocycles. The molecule has 2 aliphatic carbocycles. The minimum atomic E-state index is 0.154. The normalized spacial score (nSPS) is 14.7. The van der Waals surface area contributed by atoms with Gasteiger partial charge in [-0.1, -0.05) is 194 Å². The first-order chi connectivity index (χ1) is 31.2. The van der Waals surface area contributed by atoms with Crippen LogP contribution < -0.4 is 0 Å². The van der Waals surface area contributed by atoms with Gasteiger partial charge in [0.05, 0.1) is 11.0 Å². The van der Waals surface area contributed by atoms with Gasteiger partial charge in [-0.05, 0) is 131 Å². The number of rotatable bonds is 6. The van der Waals surface area contributed by atoms with Crippen molar-refractivity contribution in [1.82, 2.24) is 4.57 Å². The lowest BCUT2D eigenvalue weighted by Gasteiger charge is -2.17. The Morgan fingerprint density at radius 2 is 0.714 bits per heavy atom. The van der Waals surface area contributed by atoms with Crippen LogP contribution in [0.5, 0.6) is 0 Å². The van der Waals surface area contributed by atoms with Crippen molar-refractivity contribution in [3.63, 3.8) is 0 Å². The van der Waals surface area contributed by atoms with E-state index in [2.05, 4.69) is 241 Å². The second-order valence-corrected chi connectivity index (χ2v) is 17.2. The van der Waals surface area contributed by atoms with E-state index in [4.69, 9.17) is 0 Å². The van der Waals surface area contributed by atoms with Crippen molar-refractivity contribution in [2.45, 2.75) is 11.8 Å². The van der Waals surface area contributed by atoms with Crippen molar-refractivity contribution in [1.29, 1.82) is 0 Å². The van der Waals surface area contributed by atoms with Gasteiger partial charge in [-0.15, -0.1) is 0 Å². The molecule has 0 saturated carbocycles. The monoisotopic (exact) mass is 799 g/mol. The number of hydrogen-bond acceptors (Lipinski definition) is 0. The fraction of sp³-hybridized carbons (Fsp3) is 0.0323. The van der Waals surface area contributed by atoms with Crippen LogP contribution in [0.2, 0.25) is 0 Å². The molecule has 0 amide bonds. The minimum absolute atomic E-state index is 0.154. The van der Waals surface area contributed by atoms with Crippen molar-refractivity contribution in [3.8, 4) is 61.3 Å². The van der Waals surface area contributed by atoms with Gasteiger partial charge in [0.2, 0.25) is 0 Å². The van der Waals surface area contributed by atoms with E-state index in [1.54, 1.807) is 0 Å². The summed E-state index contributed by atoms with van der Waals surface area (Å²) in [6.45, 7) is 0. The van der Waals surface area contributed by atoms with Gasteiger partial charge in [0.25, 0.3) is 0 Å². The Bertz CT molecular complexity index is 3560. The molecule has 0 fully saturated rings. The zero-order valence-electron chi connectivity index (χ0n) is 34.6. The first-order valence-electron chi connectivity index (χ1n) is 22.1. The van der Waals surface area contributed by atoms with E-state index in [0.717, 1.165) is 5.69 Å². The summed E-state index contributed by atoms with van der Waals surface area (Å²) in [5.74, 6) is 0.406. The van der Waals surface area contributed by atoms with Crippen LogP contribution in [0.3, 0.4) is 0 Å². The average Bonchev–Trinajstić information content (AvgIpc) is 3.99. The molecule has 1 heteroatoms. The summed E-state index contributed by atoms with van der Waals surface area (Å²) in [7, 11) is 0. The summed E-state index contributed by atoms with van der Waals surface area (Å²) in [5, 5.41) is 2.53. The second kappa shape index (κ2) is 14.3. The van der Waals surface area contributed by atoms with Crippen LogP contribution in [0.15, 0.2) is 237 Å². The highest BCUT2D eigenvalue weighted by molar-refractivity contribution is 6.10. The van der Waals surface area contributed by atoms with Crippen LogP contribution in [0.25, 0.3) is 83.1 Å². The highest BCUT2D eigenvalue weighted by Crippen LogP contribution is 2.52. The molecule has 0 bridgehead atoms. The number of benzene rings is 10. The number of para-hydroxylation sites is 1. The minimum Gasteiger partial charge on any atom is -0.309 e. The Morgan fingerprint density at radius 3 is 1.41 bits per heavy atom. The van der Waals surface area contributed by atoms with E-state index in [-0.39, 0.29) is 11.8 Å². The van der Waals surface area contributed by atoms with Gasteiger partial charge < -0.3 is 4.57 Å². The van der Waals surface area contributed by atoms with E-state index in [0.29, 0.717) is 0 Å². The molecular formula is C62H41N. The van der Waals surface area contributed by atoms with Crippen molar-refractivity contribution >= 4 is 21.8 Å². The van der Waals surface area contributed by atoms with Crippen LogP contribution in [0.4, 0.5) is 0 Å². The van der Waals surface area contributed by atoms with Crippen molar-refractivity contribution < 1.29 is 0 Å². The van der Waals surface area contributed by atoms with Crippen LogP contribution in [-0.4, -0.2) is 4.57 Å². The Kier molecular flexibility index (Phi) is 8.11. The molecule has 0 spiro atoms. The van der Waals surface area contributed by atoms with Gasteiger partial charge >= 0.3 is 0 Å². The number of aromatic nitrogens is 1. The second-order valence-electron chi connectivity index (χ2n) is 17.2. The molecular weight excluding hydrogens is 759 g/mol. The number of nitrogens with zero attached hydrogens (tertiary/aromatic N) is 1. The van der Waals surface area contributed by atoms with Crippen LogP contribution >= 0.6 is 0 Å². The molecule has 11 aromatic rings. The SMILES string of the molecule is c1ccc(-c2ccc3c(c2)c2ccccc2n3-c2ccc(-c3cccc(C4c5ccccc5-c5cc(-c6ccc7c(c6)-c6ccccc6C7c6ccccc6)ccc54)c3)cc2)cc1. The molecule has 294 valence electrons. The van der Waals surface area contributed by atoms with E-state index < -0.39 is 0 Å². The van der Waals surface area contributed by atoms with Gasteiger partial charge in [0.1, 0.15) is 0 Å². The van der Waals surface area contributed by atoms with Crippen LogP contribution in [0, 0.1) is 0 Å². The standard InChI is InChI=1S/C62H41N/c1-3-14-40(15-4-1)44-30-35-60-58(39-44)51-22-11-12-25-59(51)63(60)48-31-26-41(27-32-48)43-18-13-19-47(36-43)62-53-24-10-8-21-50(53)57-38-46(29-34-55(57)62)45-28-33-54-56(37-45)49-20-7-9-23-52(49)61(54)42-16-5-2-6-17-42/h1-39,61-62H. The lowest BCUT2D eigenvalue weighted by atomic mass is 9.87. The molecule has 2 unspecified atom stereocenters. The predicted molar refractivity (Wildman–Crippen MR) is 263 cm³/mol. The first-order valence-corrected chi connectivity index (χ1v) is 22.1. The number of fused-ring (bicyclic) bond motifs is 9. The van der Waals surface area contributed by atoms with Crippen molar-refractivity contribution in [2.75, 3.05) is 0 Å². The molecule has 10 aromatic carbocycles. The molecule has 13 rings (SSSR count). The molecule has 2 aliphatic rings. The predicted octanol–water partition coefficient (Wildman–Crippen LogP) is 16.1. The Hall–Kier alpha value is -8.00. The third kappa shape index (κ3) is 5.70. The fourth-order valence-corrected chi connectivity index (χ4v) is 10.9. The largest absolute Gasteiger partial charge is 0.309 e. The molecule has 0 aliphatic heterocycles. The molecule has 63 heavy (non-hydrogen) atoms. The lowest BCUT2D eigenvalue weighted by Crippen LogP contribution is -2.00. The Labute approximate surface area is 367 Å². The van der Waals surface area contributed by atoms with E-state index in [1.807, 2.05) is 0 Å². The average molecular weight is 800 g/mol. The summed E-state index contributed by atoms with van der Waals surface area (Å²) in [6.07, 6.45) is 0. The number of hydrogen-bond donors (Lipinski definition) is 0. The van der Waals surface area contributed by atoms with E-state index >= 15 is 0 Å². The topological polar surface area (TPSA) is 4.93 Å². The van der Waals surface area contributed by atoms with Gasteiger partial charge in [0.15, 0.2) is 0 Å². The van der Waals surface area contributed by atoms with Gasteiger partial charge in [-0.25, -0.2) is 0 Å². The molecule has 0 N–H and O–H groups in total. The first kappa shape index (κ1) is 35.7. The molecule has 0 radical (unpaired) electrons. The molecule has 2 atom stereocenters. The van der Waals surface area contributed by atoms with Gasteiger partial charge in [-0.3, -0.25) is 0 Å². The van der Waals surface area contributed by atoms with Crippen LogP contribution in [0.1, 0.15) is 45.2 Å². The van der Waals surface area contributed by atoms with E-state index in [1.165, 1.54) is 111 Å². The summed E-state index contributed by atoms with van der Waals surface area (Å²) in [4.78, 5) is 0. The summed E-state index contributed by atoms with van der Waals surface area (Å²) >= 11 is 0. The summed E-state index contributed by atoms with van der Waals surface area (Å²) < 4.78 is 2.41.